The molecule has 0 saturated heterocycles. The average Bonchev–Trinajstić information content (AvgIpc) is 3.65. The van der Waals surface area contributed by atoms with Crippen molar-refractivity contribution in [3.05, 3.63) is 95.1 Å². The second-order valence-electron chi connectivity index (χ2n) is 7.99. The number of rotatable bonds is 8. The fraction of sp³-hybridized carbons (Fsp3) is 0.231. The summed E-state index contributed by atoms with van der Waals surface area (Å²) in [7, 11) is 1.33. The van der Waals surface area contributed by atoms with Crippen molar-refractivity contribution in [1.82, 2.24) is 4.90 Å². The average molecular weight is 451 g/mol. The summed E-state index contributed by atoms with van der Waals surface area (Å²) < 4.78 is 37.7. The van der Waals surface area contributed by atoms with Crippen LogP contribution in [0, 0.1) is 17.6 Å². The Hall–Kier alpha value is -3.74. The predicted octanol–water partition coefficient (Wildman–Crippen LogP) is 5.60. The van der Waals surface area contributed by atoms with Gasteiger partial charge < -0.3 is 14.4 Å². The molecular weight excluding hydrogens is 428 g/mol. The standard InChI is InChI=1S/C26H23F2NO4/c1-32-26(31)20-9-7-18(8-10-20)16-29(15-17-5-6-17)25(30)19-11-13-21(14-12-19)33-24-22(27)3-2-4-23(24)28/h2-4,7-14,17H,5-6,15-16H2,1H3. The third-order valence-electron chi connectivity index (χ3n) is 5.45. The van der Waals surface area contributed by atoms with Gasteiger partial charge in [0.25, 0.3) is 5.91 Å². The first-order chi connectivity index (χ1) is 15.9. The van der Waals surface area contributed by atoms with Gasteiger partial charge >= 0.3 is 5.97 Å². The number of halogens is 2. The quantitative estimate of drug-likeness (QED) is 0.419. The Morgan fingerprint density at radius 1 is 0.909 bits per heavy atom. The molecule has 0 aliphatic heterocycles. The summed E-state index contributed by atoms with van der Waals surface area (Å²) in [5, 5.41) is 0. The maximum Gasteiger partial charge on any atom is 0.337 e. The van der Waals surface area contributed by atoms with Crippen molar-refractivity contribution in [2.75, 3.05) is 13.7 Å². The zero-order valence-electron chi connectivity index (χ0n) is 18.1. The van der Waals surface area contributed by atoms with E-state index in [1.54, 1.807) is 41.3 Å². The Morgan fingerprint density at radius 3 is 2.09 bits per heavy atom. The molecule has 1 fully saturated rings. The first kappa shape index (κ1) is 22.5. The van der Waals surface area contributed by atoms with Gasteiger partial charge in [-0.05, 0) is 72.9 Å². The van der Waals surface area contributed by atoms with Crippen molar-refractivity contribution >= 4 is 11.9 Å². The molecule has 1 aliphatic carbocycles. The molecule has 3 aromatic rings. The lowest BCUT2D eigenvalue weighted by Gasteiger charge is -2.23. The predicted molar refractivity (Wildman–Crippen MR) is 118 cm³/mol. The maximum absolute atomic E-state index is 13.8. The first-order valence-corrected chi connectivity index (χ1v) is 10.6. The Morgan fingerprint density at radius 2 is 1.52 bits per heavy atom. The van der Waals surface area contributed by atoms with Crippen LogP contribution < -0.4 is 4.74 Å². The van der Waals surface area contributed by atoms with E-state index in [0.717, 1.165) is 30.5 Å². The van der Waals surface area contributed by atoms with Gasteiger partial charge in [0, 0.05) is 18.7 Å². The van der Waals surface area contributed by atoms with Crippen LogP contribution in [0.2, 0.25) is 0 Å². The number of benzene rings is 3. The van der Waals surface area contributed by atoms with Gasteiger partial charge in [0.05, 0.1) is 12.7 Å². The van der Waals surface area contributed by atoms with Crippen LogP contribution in [-0.4, -0.2) is 30.4 Å². The van der Waals surface area contributed by atoms with Crippen LogP contribution in [0.5, 0.6) is 11.5 Å². The number of esters is 1. The van der Waals surface area contributed by atoms with Crippen molar-refractivity contribution in [2.45, 2.75) is 19.4 Å². The number of hydrogen-bond donors (Lipinski definition) is 0. The second-order valence-corrected chi connectivity index (χ2v) is 7.99. The fourth-order valence-corrected chi connectivity index (χ4v) is 3.46. The summed E-state index contributed by atoms with van der Waals surface area (Å²) in [4.78, 5) is 26.6. The highest BCUT2D eigenvalue weighted by molar-refractivity contribution is 5.94. The van der Waals surface area contributed by atoms with Crippen LogP contribution in [0.1, 0.15) is 39.1 Å². The van der Waals surface area contributed by atoms with Gasteiger partial charge in [-0.2, -0.15) is 0 Å². The molecule has 0 spiro atoms. The van der Waals surface area contributed by atoms with Gasteiger partial charge in [-0.1, -0.05) is 18.2 Å². The molecular formula is C26H23F2NO4. The molecule has 4 rings (SSSR count). The number of ether oxygens (including phenoxy) is 2. The summed E-state index contributed by atoms with van der Waals surface area (Å²) in [5.41, 5.74) is 1.79. The lowest BCUT2D eigenvalue weighted by atomic mass is 10.1. The number of amides is 1. The number of hydrogen-bond acceptors (Lipinski definition) is 4. The SMILES string of the molecule is COC(=O)c1ccc(CN(CC2CC2)C(=O)c2ccc(Oc3c(F)cccc3F)cc2)cc1. The number of methoxy groups -OCH3 is 1. The van der Waals surface area contributed by atoms with Crippen molar-refractivity contribution in [1.29, 1.82) is 0 Å². The highest BCUT2D eigenvalue weighted by atomic mass is 19.1. The lowest BCUT2D eigenvalue weighted by molar-refractivity contribution is 0.0600. The Kier molecular flexibility index (Phi) is 6.68. The molecule has 0 radical (unpaired) electrons. The van der Waals surface area contributed by atoms with Crippen molar-refractivity contribution in [3.63, 3.8) is 0 Å². The van der Waals surface area contributed by atoms with Crippen LogP contribution >= 0.6 is 0 Å². The largest absolute Gasteiger partial charge is 0.465 e. The molecule has 1 amide bonds. The first-order valence-electron chi connectivity index (χ1n) is 10.6. The molecule has 170 valence electrons. The van der Waals surface area contributed by atoms with E-state index in [1.807, 2.05) is 0 Å². The summed E-state index contributed by atoms with van der Waals surface area (Å²) in [6.07, 6.45) is 2.18. The molecule has 7 heteroatoms. The molecule has 0 bridgehead atoms. The normalized spacial score (nSPS) is 12.8. The van der Waals surface area contributed by atoms with E-state index in [9.17, 15) is 18.4 Å². The minimum Gasteiger partial charge on any atom is -0.465 e. The van der Waals surface area contributed by atoms with Crippen molar-refractivity contribution < 1.29 is 27.8 Å². The molecule has 0 atom stereocenters. The van der Waals surface area contributed by atoms with Gasteiger partial charge in [0.1, 0.15) is 5.75 Å². The summed E-state index contributed by atoms with van der Waals surface area (Å²) in [6.45, 7) is 1.03. The number of para-hydroxylation sites is 1. The van der Waals surface area contributed by atoms with Crippen molar-refractivity contribution in [3.8, 4) is 11.5 Å². The zero-order chi connectivity index (χ0) is 23.4. The Balaban J connectivity index is 1.48. The Bertz CT molecular complexity index is 1120. The summed E-state index contributed by atoms with van der Waals surface area (Å²) >= 11 is 0. The third kappa shape index (κ3) is 5.55. The summed E-state index contributed by atoms with van der Waals surface area (Å²) in [5.74, 6) is -1.94. The molecule has 1 aliphatic rings. The van der Waals surface area contributed by atoms with Crippen LogP contribution in [0.3, 0.4) is 0 Å². The topological polar surface area (TPSA) is 55.8 Å². The van der Waals surface area contributed by atoms with E-state index in [-0.39, 0.29) is 11.7 Å². The van der Waals surface area contributed by atoms with Crippen LogP contribution in [0.4, 0.5) is 8.78 Å². The van der Waals surface area contributed by atoms with E-state index in [2.05, 4.69) is 0 Å². The molecule has 0 unspecified atom stereocenters. The third-order valence-corrected chi connectivity index (χ3v) is 5.45. The second kappa shape index (κ2) is 9.81. The monoisotopic (exact) mass is 451 g/mol. The van der Waals surface area contributed by atoms with Crippen molar-refractivity contribution in [2.24, 2.45) is 5.92 Å². The number of carbonyl (C=O) groups excluding carboxylic acids is 2. The summed E-state index contributed by atoms with van der Waals surface area (Å²) in [6, 6.07) is 16.6. The van der Waals surface area contributed by atoms with E-state index in [4.69, 9.17) is 9.47 Å². The minimum atomic E-state index is -0.802. The van der Waals surface area contributed by atoms with Gasteiger partial charge in [-0.25, -0.2) is 13.6 Å². The van der Waals surface area contributed by atoms with E-state index >= 15 is 0 Å². The Labute approximate surface area is 190 Å². The van der Waals surface area contributed by atoms with Crippen LogP contribution in [0.15, 0.2) is 66.7 Å². The molecule has 5 nitrogen and oxygen atoms in total. The zero-order valence-corrected chi connectivity index (χ0v) is 18.1. The van der Waals surface area contributed by atoms with Gasteiger partial charge in [-0.3, -0.25) is 4.79 Å². The molecule has 1 saturated carbocycles. The van der Waals surface area contributed by atoms with E-state index in [0.29, 0.717) is 30.1 Å². The molecule has 33 heavy (non-hydrogen) atoms. The maximum atomic E-state index is 13.8. The highest BCUT2D eigenvalue weighted by Crippen LogP contribution is 2.31. The van der Waals surface area contributed by atoms with Gasteiger partial charge in [0.15, 0.2) is 17.4 Å². The van der Waals surface area contributed by atoms with E-state index < -0.39 is 23.4 Å². The van der Waals surface area contributed by atoms with Gasteiger partial charge in [0.2, 0.25) is 0 Å². The lowest BCUT2D eigenvalue weighted by Crippen LogP contribution is -2.32. The fourth-order valence-electron chi connectivity index (χ4n) is 3.46. The molecule has 0 heterocycles. The van der Waals surface area contributed by atoms with Crippen LogP contribution in [0.25, 0.3) is 0 Å². The van der Waals surface area contributed by atoms with Crippen LogP contribution in [-0.2, 0) is 11.3 Å². The molecule has 0 aromatic heterocycles. The smallest absolute Gasteiger partial charge is 0.337 e. The minimum absolute atomic E-state index is 0.150. The molecule has 3 aromatic carbocycles. The molecule has 0 N–H and O–H groups in total. The highest BCUT2D eigenvalue weighted by Gasteiger charge is 2.27. The number of carbonyl (C=O) groups is 2. The number of nitrogens with zero attached hydrogens (tertiary/aromatic N) is 1. The van der Waals surface area contributed by atoms with Gasteiger partial charge in [-0.15, -0.1) is 0 Å². The van der Waals surface area contributed by atoms with E-state index in [1.165, 1.54) is 25.3 Å².